The molecule has 2 aromatic rings. The molecule has 0 aromatic carbocycles. The average molecular weight is 473 g/mol. The fourth-order valence-corrected chi connectivity index (χ4v) is 4.73. The number of hydrogen-bond acceptors (Lipinski definition) is 5. The topological polar surface area (TPSA) is 87.4 Å². The van der Waals surface area contributed by atoms with Gasteiger partial charge < -0.3 is 19.6 Å². The van der Waals surface area contributed by atoms with Crippen molar-refractivity contribution in [3.63, 3.8) is 0 Å². The van der Waals surface area contributed by atoms with E-state index in [2.05, 4.69) is 5.10 Å². The number of nitrogens with zero attached hydrogens (tertiary/aromatic N) is 4. The van der Waals surface area contributed by atoms with Crippen molar-refractivity contribution in [2.24, 2.45) is 0 Å². The Morgan fingerprint density at radius 3 is 2.62 bits per heavy atom. The minimum absolute atomic E-state index is 0.0205. The van der Waals surface area contributed by atoms with Crippen LogP contribution in [0.4, 0.5) is 18.0 Å². The highest BCUT2D eigenvalue weighted by molar-refractivity contribution is 6.36. The van der Waals surface area contributed by atoms with Crippen LogP contribution >= 0.6 is 11.6 Å². The molecule has 0 bridgehead atoms. The molecular weight excluding hydrogens is 453 g/mol. The summed E-state index contributed by atoms with van der Waals surface area (Å²) in [5.74, 6) is -0.640. The summed E-state index contributed by atoms with van der Waals surface area (Å²) in [6.45, 7) is 0.146. The molecule has 2 saturated heterocycles. The number of aliphatic hydroxyl groups excluding tert-OH is 1. The van der Waals surface area contributed by atoms with Crippen molar-refractivity contribution in [3.05, 3.63) is 34.1 Å². The van der Waals surface area contributed by atoms with Crippen molar-refractivity contribution in [3.8, 4) is 0 Å². The van der Waals surface area contributed by atoms with Crippen molar-refractivity contribution in [1.82, 2.24) is 19.4 Å². The van der Waals surface area contributed by atoms with Gasteiger partial charge in [-0.2, -0.15) is 18.3 Å². The predicted octanol–water partition coefficient (Wildman–Crippen LogP) is 2.91. The predicted molar refractivity (Wildman–Crippen MR) is 106 cm³/mol. The maximum Gasteiger partial charge on any atom is 0.433 e. The minimum Gasteiger partial charge on any atom is -0.438 e. The number of ether oxygens (including phenoxy) is 1. The van der Waals surface area contributed by atoms with Gasteiger partial charge in [0, 0.05) is 20.0 Å². The smallest absolute Gasteiger partial charge is 0.433 e. The number of aliphatic hydroxyl groups is 1. The summed E-state index contributed by atoms with van der Waals surface area (Å²) in [7, 11) is 1.55. The lowest BCUT2D eigenvalue weighted by Crippen LogP contribution is -2.58. The molecule has 4 heterocycles. The molecule has 1 N–H and O–H groups in total. The monoisotopic (exact) mass is 472 g/mol. The fourth-order valence-electron chi connectivity index (χ4n) is 4.47. The number of alkyl halides is 3. The molecule has 172 valence electrons. The Bertz CT molecular complexity index is 1130. The largest absolute Gasteiger partial charge is 0.438 e. The lowest BCUT2D eigenvalue weighted by molar-refractivity contribution is -0.142. The van der Waals surface area contributed by atoms with Gasteiger partial charge in [0.25, 0.3) is 5.91 Å². The van der Waals surface area contributed by atoms with Crippen molar-refractivity contribution in [2.75, 3.05) is 26.7 Å². The Kier molecular flexibility index (Phi) is 4.65. The zero-order chi connectivity index (χ0) is 23.0. The molecule has 1 saturated carbocycles. The third-order valence-electron chi connectivity index (χ3n) is 6.44. The second kappa shape index (κ2) is 6.98. The number of amides is 2. The molecule has 3 aliphatic rings. The van der Waals surface area contributed by atoms with Crippen LogP contribution in [0.15, 0.2) is 12.1 Å². The molecule has 0 unspecified atom stereocenters. The zero-order valence-electron chi connectivity index (χ0n) is 17.0. The Morgan fingerprint density at radius 1 is 1.34 bits per heavy atom. The number of likely N-dealkylation sites (N-methyl/N-ethyl adjacent to an activating group) is 1. The van der Waals surface area contributed by atoms with Crippen molar-refractivity contribution in [2.45, 2.75) is 43.1 Å². The first kappa shape index (κ1) is 21.3. The molecule has 2 atom stereocenters. The molecule has 1 spiro atoms. The normalized spacial score (nSPS) is 26.3. The van der Waals surface area contributed by atoms with E-state index >= 15 is 0 Å². The number of hydrogen-bond donors (Lipinski definition) is 1. The first-order chi connectivity index (χ1) is 15.0. The summed E-state index contributed by atoms with van der Waals surface area (Å²) < 4.78 is 47.1. The van der Waals surface area contributed by atoms with Gasteiger partial charge in [-0.05, 0) is 36.5 Å². The number of pyridine rings is 1. The van der Waals surface area contributed by atoms with Crippen molar-refractivity contribution < 1.29 is 32.6 Å². The van der Waals surface area contributed by atoms with Gasteiger partial charge in [0.05, 0.1) is 23.6 Å². The van der Waals surface area contributed by atoms with E-state index in [-0.39, 0.29) is 48.2 Å². The number of halogens is 4. The molecule has 2 aliphatic heterocycles. The van der Waals surface area contributed by atoms with Crippen LogP contribution < -0.4 is 0 Å². The number of fused-ring (bicyclic) bond motifs is 1. The van der Waals surface area contributed by atoms with Crippen LogP contribution in [0, 0.1) is 0 Å². The molecule has 3 fully saturated rings. The third-order valence-corrected chi connectivity index (χ3v) is 6.81. The van der Waals surface area contributed by atoms with Crippen molar-refractivity contribution >= 4 is 29.1 Å². The van der Waals surface area contributed by atoms with Crippen LogP contribution in [0.1, 0.15) is 46.9 Å². The fraction of sp³-hybridized carbons (Fsp3) is 0.550. The molecule has 2 aromatic heterocycles. The second-order valence-electron chi connectivity index (χ2n) is 8.71. The second-order valence-corrected chi connectivity index (χ2v) is 9.09. The van der Waals surface area contributed by atoms with Crippen LogP contribution in [0.25, 0.3) is 5.52 Å². The summed E-state index contributed by atoms with van der Waals surface area (Å²) in [4.78, 5) is 27.5. The highest BCUT2D eigenvalue weighted by Gasteiger charge is 2.52. The van der Waals surface area contributed by atoms with E-state index in [0.717, 1.165) is 18.9 Å². The molecule has 8 nitrogen and oxygen atoms in total. The number of carbonyl (C=O) groups excluding carboxylic acids is 2. The summed E-state index contributed by atoms with van der Waals surface area (Å²) >= 11 is 6.35. The van der Waals surface area contributed by atoms with E-state index in [4.69, 9.17) is 16.3 Å². The molecular formula is C20H20ClF3N4O4. The Labute approximate surface area is 185 Å². The maximum absolute atomic E-state index is 13.7. The summed E-state index contributed by atoms with van der Waals surface area (Å²) in [6.07, 6.45) is -4.60. The van der Waals surface area contributed by atoms with Crippen LogP contribution in [0.5, 0.6) is 0 Å². The molecule has 2 amide bonds. The first-order valence-corrected chi connectivity index (χ1v) is 10.6. The Morgan fingerprint density at radius 2 is 2.06 bits per heavy atom. The third kappa shape index (κ3) is 3.29. The average Bonchev–Trinajstić information content (AvgIpc) is 3.46. The number of β-amino-alcohol motifs (C(OH)–C–C–N with tert-alkyl or cyclic N) is 1. The maximum atomic E-state index is 13.7. The van der Waals surface area contributed by atoms with E-state index in [9.17, 15) is 27.9 Å². The van der Waals surface area contributed by atoms with Crippen LogP contribution in [-0.2, 0) is 10.9 Å². The van der Waals surface area contributed by atoms with Gasteiger partial charge in [-0.15, -0.1) is 0 Å². The molecule has 0 radical (unpaired) electrons. The number of piperidine rings is 1. The molecule has 32 heavy (non-hydrogen) atoms. The first-order valence-electron chi connectivity index (χ1n) is 10.2. The molecule has 12 heteroatoms. The zero-order valence-corrected chi connectivity index (χ0v) is 17.8. The van der Waals surface area contributed by atoms with Gasteiger partial charge in [0.1, 0.15) is 11.8 Å². The standard InChI is InChI=1S/C20H20ClF3N4O4/c1-26-9-19(32-18(26)31)4-5-27(8-14(19)29)17(30)16-15(21)12-6-11(10-2-3-10)7-13(20(22,23)24)28(12)25-16/h6-7,10,14,29H,2-5,8-9H2,1H3/t14-,19-/m1/s1. The quantitative estimate of drug-likeness (QED) is 0.726. The molecule has 5 rings (SSSR count). The van der Waals surface area contributed by atoms with Gasteiger partial charge in [0.15, 0.2) is 11.3 Å². The Hall–Kier alpha value is -2.53. The van der Waals surface area contributed by atoms with Gasteiger partial charge in [-0.3, -0.25) is 4.79 Å². The van der Waals surface area contributed by atoms with Gasteiger partial charge in [0.2, 0.25) is 0 Å². The summed E-state index contributed by atoms with van der Waals surface area (Å²) in [5.41, 5.74) is -1.88. The van der Waals surface area contributed by atoms with E-state index < -0.39 is 35.6 Å². The highest BCUT2D eigenvalue weighted by atomic mass is 35.5. The van der Waals surface area contributed by atoms with E-state index in [0.29, 0.717) is 10.1 Å². The Balaban J connectivity index is 1.47. The van der Waals surface area contributed by atoms with Crippen LogP contribution in [-0.4, -0.2) is 74.9 Å². The number of aromatic nitrogens is 2. The highest BCUT2D eigenvalue weighted by Crippen LogP contribution is 2.43. The van der Waals surface area contributed by atoms with Crippen LogP contribution in [0.2, 0.25) is 5.02 Å². The SMILES string of the molecule is CN1C[C@@]2(CCN(C(=O)c3nn4c(C(F)(F)F)cc(C5CC5)cc4c3Cl)C[C@H]2O)OC1=O. The van der Waals surface area contributed by atoms with Gasteiger partial charge >= 0.3 is 12.3 Å². The van der Waals surface area contributed by atoms with E-state index in [1.807, 2.05) is 0 Å². The minimum atomic E-state index is -4.68. The number of rotatable bonds is 2. The molecule has 1 aliphatic carbocycles. The lowest BCUT2D eigenvalue weighted by Gasteiger charge is -2.41. The van der Waals surface area contributed by atoms with Gasteiger partial charge in [-0.1, -0.05) is 11.6 Å². The number of likely N-dealkylation sites (tertiary alicyclic amines) is 1. The number of carbonyl (C=O) groups is 2. The van der Waals surface area contributed by atoms with Gasteiger partial charge in [-0.25, -0.2) is 9.31 Å². The van der Waals surface area contributed by atoms with E-state index in [1.54, 1.807) is 13.1 Å². The lowest BCUT2D eigenvalue weighted by atomic mass is 9.88. The van der Waals surface area contributed by atoms with E-state index in [1.165, 1.54) is 9.80 Å². The van der Waals surface area contributed by atoms with Crippen LogP contribution in [0.3, 0.4) is 0 Å². The summed E-state index contributed by atoms with van der Waals surface area (Å²) in [6, 6.07) is 2.61. The van der Waals surface area contributed by atoms with Crippen molar-refractivity contribution in [1.29, 1.82) is 0 Å². The summed E-state index contributed by atoms with van der Waals surface area (Å²) in [5, 5.41) is 14.4.